The number of ether oxygens (including phenoxy) is 2. The third-order valence-electron chi connectivity index (χ3n) is 4.18. The van der Waals surface area contributed by atoms with Gasteiger partial charge in [-0.3, -0.25) is 4.79 Å². The van der Waals surface area contributed by atoms with Crippen molar-refractivity contribution in [2.24, 2.45) is 5.41 Å². The van der Waals surface area contributed by atoms with E-state index in [-0.39, 0.29) is 11.3 Å². The molecule has 1 aromatic carbocycles. The van der Waals surface area contributed by atoms with Gasteiger partial charge in [0.15, 0.2) is 6.10 Å². The lowest BCUT2D eigenvalue weighted by molar-refractivity contribution is -0.125. The predicted molar refractivity (Wildman–Crippen MR) is 92.7 cm³/mol. The minimum atomic E-state index is -0.524. The van der Waals surface area contributed by atoms with Crippen LogP contribution in [0.1, 0.15) is 41.0 Å². The number of anilines is 1. The standard InChI is InChI=1S/C19H27NO3/c1-13(18(2,3)4)19(5,6)22-12-11-16-17(21)20-14-9-7-8-10-15(14)23-16/h7-10,16H,1,11-12H2,2-6H3,(H,20,21). The predicted octanol–water partition coefficient (Wildman–Crippen LogP) is 4.17. The molecule has 4 nitrogen and oxygen atoms in total. The van der Waals surface area contributed by atoms with Crippen LogP contribution in [-0.2, 0) is 9.53 Å². The Morgan fingerprint density at radius 1 is 1.26 bits per heavy atom. The van der Waals surface area contributed by atoms with E-state index in [0.29, 0.717) is 18.8 Å². The largest absolute Gasteiger partial charge is 0.478 e. The highest BCUT2D eigenvalue weighted by molar-refractivity contribution is 5.97. The van der Waals surface area contributed by atoms with E-state index >= 15 is 0 Å². The molecule has 1 aliphatic heterocycles. The van der Waals surface area contributed by atoms with Crippen LogP contribution >= 0.6 is 0 Å². The van der Waals surface area contributed by atoms with Crippen LogP contribution < -0.4 is 10.1 Å². The zero-order valence-electron chi connectivity index (χ0n) is 14.7. The summed E-state index contributed by atoms with van der Waals surface area (Å²) in [6.45, 7) is 15.0. The fourth-order valence-electron chi connectivity index (χ4n) is 2.69. The van der Waals surface area contributed by atoms with Crippen LogP contribution in [0.25, 0.3) is 0 Å². The SMILES string of the molecule is C=C(C(C)(C)C)C(C)(C)OCCC1Oc2ccccc2NC1=O. The average molecular weight is 317 g/mol. The highest BCUT2D eigenvalue weighted by Crippen LogP contribution is 2.35. The van der Waals surface area contributed by atoms with Crippen LogP contribution in [0.15, 0.2) is 36.4 Å². The molecule has 0 aliphatic carbocycles. The first-order valence-electron chi connectivity index (χ1n) is 8.01. The average Bonchev–Trinajstić information content (AvgIpc) is 2.46. The molecule has 0 saturated heterocycles. The Balaban J connectivity index is 1.92. The first kappa shape index (κ1) is 17.5. The Hall–Kier alpha value is -1.81. The monoisotopic (exact) mass is 317 g/mol. The lowest BCUT2D eigenvalue weighted by Gasteiger charge is -2.36. The number of carbonyl (C=O) groups is 1. The fraction of sp³-hybridized carbons (Fsp3) is 0.526. The summed E-state index contributed by atoms with van der Waals surface area (Å²) in [5, 5.41) is 2.87. The van der Waals surface area contributed by atoms with Gasteiger partial charge in [-0.05, 0) is 37.0 Å². The van der Waals surface area contributed by atoms with E-state index in [2.05, 4.69) is 32.7 Å². The molecule has 23 heavy (non-hydrogen) atoms. The van der Waals surface area contributed by atoms with Crippen LogP contribution in [0, 0.1) is 5.41 Å². The molecule has 1 aliphatic rings. The van der Waals surface area contributed by atoms with Crippen LogP contribution in [0.3, 0.4) is 0 Å². The van der Waals surface area contributed by atoms with E-state index < -0.39 is 11.7 Å². The fourth-order valence-corrected chi connectivity index (χ4v) is 2.69. The van der Waals surface area contributed by atoms with Crippen molar-refractivity contribution in [3.05, 3.63) is 36.4 Å². The molecule has 0 bridgehead atoms. The minimum absolute atomic E-state index is 0.0266. The molecule has 4 heteroatoms. The van der Waals surface area contributed by atoms with E-state index in [4.69, 9.17) is 9.47 Å². The van der Waals surface area contributed by atoms with E-state index in [1.54, 1.807) is 0 Å². The van der Waals surface area contributed by atoms with Crippen molar-refractivity contribution in [3.63, 3.8) is 0 Å². The molecule has 1 unspecified atom stereocenters. The van der Waals surface area contributed by atoms with Gasteiger partial charge in [-0.1, -0.05) is 39.5 Å². The smallest absolute Gasteiger partial charge is 0.265 e. The summed E-state index contributed by atoms with van der Waals surface area (Å²) >= 11 is 0. The Bertz CT molecular complexity index is 599. The van der Waals surface area contributed by atoms with Crippen molar-refractivity contribution in [1.29, 1.82) is 0 Å². The third-order valence-corrected chi connectivity index (χ3v) is 4.18. The van der Waals surface area contributed by atoms with Gasteiger partial charge in [0, 0.05) is 6.42 Å². The maximum atomic E-state index is 12.1. The number of rotatable bonds is 5. The van der Waals surface area contributed by atoms with Crippen molar-refractivity contribution in [1.82, 2.24) is 0 Å². The molecule has 1 N–H and O–H groups in total. The zero-order chi connectivity index (χ0) is 17.3. The summed E-state index contributed by atoms with van der Waals surface area (Å²) in [5.41, 5.74) is 1.28. The molecular formula is C19H27NO3. The topological polar surface area (TPSA) is 47.6 Å². The number of fused-ring (bicyclic) bond motifs is 1. The summed E-state index contributed by atoms with van der Waals surface area (Å²) in [6, 6.07) is 7.44. The Labute approximate surface area is 138 Å². The second-order valence-electron chi connectivity index (χ2n) is 7.47. The highest BCUT2D eigenvalue weighted by atomic mass is 16.5. The van der Waals surface area contributed by atoms with Gasteiger partial charge in [-0.15, -0.1) is 0 Å². The molecule has 0 saturated carbocycles. The van der Waals surface area contributed by atoms with Gasteiger partial charge < -0.3 is 14.8 Å². The first-order chi connectivity index (χ1) is 10.6. The summed E-state index contributed by atoms with van der Waals surface area (Å²) in [5.74, 6) is 0.579. The van der Waals surface area contributed by atoms with Gasteiger partial charge in [0.1, 0.15) is 5.75 Å². The van der Waals surface area contributed by atoms with Crippen LogP contribution in [0.2, 0.25) is 0 Å². The Morgan fingerprint density at radius 2 is 1.91 bits per heavy atom. The van der Waals surface area contributed by atoms with Gasteiger partial charge >= 0.3 is 0 Å². The van der Waals surface area contributed by atoms with Gasteiger partial charge in [0.05, 0.1) is 17.9 Å². The van der Waals surface area contributed by atoms with Crippen LogP contribution in [0.4, 0.5) is 5.69 Å². The summed E-state index contributed by atoms with van der Waals surface area (Å²) in [7, 11) is 0. The van der Waals surface area contributed by atoms with Crippen LogP contribution in [0.5, 0.6) is 5.75 Å². The summed E-state index contributed by atoms with van der Waals surface area (Å²) in [6.07, 6.45) is -0.0234. The normalized spacial score (nSPS) is 18.0. The molecule has 0 aromatic heterocycles. The minimum Gasteiger partial charge on any atom is -0.478 e. The molecular weight excluding hydrogens is 290 g/mol. The van der Waals surface area contributed by atoms with E-state index in [1.165, 1.54) is 0 Å². The number of nitrogens with one attached hydrogen (secondary N) is 1. The molecule has 0 spiro atoms. The first-order valence-corrected chi connectivity index (χ1v) is 8.01. The van der Waals surface area contributed by atoms with Gasteiger partial charge in [0.25, 0.3) is 5.91 Å². The quantitative estimate of drug-likeness (QED) is 0.829. The highest BCUT2D eigenvalue weighted by Gasteiger charge is 2.32. The van der Waals surface area contributed by atoms with Crippen LogP contribution in [-0.4, -0.2) is 24.2 Å². The van der Waals surface area contributed by atoms with Crippen molar-refractivity contribution in [2.45, 2.75) is 52.7 Å². The lowest BCUT2D eigenvalue weighted by atomic mass is 9.78. The Kier molecular flexibility index (Phi) is 4.85. The molecule has 2 rings (SSSR count). The number of carbonyl (C=O) groups excluding carboxylic acids is 1. The molecule has 0 fully saturated rings. The van der Waals surface area contributed by atoms with Gasteiger partial charge in [-0.25, -0.2) is 0 Å². The van der Waals surface area contributed by atoms with Crippen molar-refractivity contribution in [3.8, 4) is 5.75 Å². The van der Waals surface area contributed by atoms with E-state index in [9.17, 15) is 4.79 Å². The third kappa shape index (κ3) is 4.14. The maximum absolute atomic E-state index is 12.1. The van der Waals surface area contributed by atoms with Crippen molar-refractivity contribution in [2.75, 3.05) is 11.9 Å². The molecule has 1 heterocycles. The van der Waals surface area contributed by atoms with E-state index in [0.717, 1.165) is 11.3 Å². The molecule has 1 aromatic rings. The maximum Gasteiger partial charge on any atom is 0.265 e. The molecule has 1 atom stereocenters. The number of benzene rings is 1. The van der Waals surface area contributed by atoms with Crippen molar-refractivity contribution >= 4 is 11.6 Å². The number of para-hydroxylation sites is 2. The lowest BCUT2D eigenvalue weighted by Crippen LogP contribution is -2.39. The van der Waals surface area contributed by atoms with E-state index in [1.807, 2.05) is 38.1 Å². The van der Waals surface area contributed by atoms with Gasteiger partial charge in [-0.2, -0.15) is 0 Å². The molecule has 0 radical (unpaired) electrons. The second-order valence-corrected chi connectivity index (χ2v) is 7.47. The molecule has 126 valence electrons. The Morgan fingerprint density at radius 3 is 2.57 bits per heavy atom. The summed E-state index contributed by atoms with van der Waals surface area (Å²) in [4.78, 5) is 12.1. The number of hydrogen-bond acceptors (Lipinski definition) is 3. The zero-order valence-corrected chi connectivity index (χ0v) is 14.7. The summed E-state index contributed by atoms with van der Waals surface area (Å²) < 4.78 is 11.8. The second kappa shape index (κ2) is 6.36. The van der Waals surface area contributed by atoms with Crippen molar-refractivity contribution < 1.29 is 14.3 Å². The molecule has 1 amide bonds. The number of hydrogen-bond donors (Lipinski definition) is 1. The van der Waals surface area contributed by atoms with Gasteiger partial charge in [0.2, 0.25) is 0 Å². The number of amides is 1.